The minimum atomic E-state index is -0.546. The van der Waals surface area contributed by atoms with Gasteiger partial charge in [0, 0.05) is 5.56 Å². The molecule has 1 aromatic heterocycles. The molecule has 0 aromatic carbocycles. The summed E-state index contributed by atoms with van der Waals surface area (Å²) in [5, 5.41) is 9.71. The van der Waals surface area contributed by atoms with Crippen LogP contribution in [0.1, 0.15) is 24.8 Å². The minimum absolute atomic E-state index is 0.297. The number of nitriles is 1. The fourth-order valence-electron chi connectivity index (χ4n) is 1.69. The zero-order chi connectivity index (χ0) is 10.2. The Morgan fingerprint density at radius 1 is 1.29 bits per heavy atom. The average molecular weight is 228 g/mol. The summed E-state index contributed by atoms with van der Waals surface area (Å²) in [6.07, 6.45) is 3.90. The van der Waals surface area contributed by atoms with E-state index in [0.717, 1.165) is 19.3 Å². The lowest BCUT2D eigenvalue weighted by Gasteiger charge is -2.35. The smallest absolute Gasteiger partial charge is 0.138 e. The highest BCUT2D eigenvalue weighted by Crippen LogP contribution is 2.47. The molecular weight excluding hydrogens is 221 g/mol. The molecule has 1 saturated carbocycles. The monoisotopic (exact) mass is 227 g/mol. The second kappa shape index (κ2) is 3.38. The topological polar surface area (TPSA) is 49.6 Å². The van der Waals surface area contributed by atoms with E-state index in [1.807, 2.05) is 0 Å². The van der Waals surface area contributed by atoms with Crippen molar-refractivity contribution in [2.24, 2.45) is 0 Å². The maximum Gasteiger partial charge on any atom is 0.138 e. The molecule has 2 rings (SSSR count). The first-order valence-electron chi connectivity index (χ1n) is 4.27. The standard InChI is InChI=1S/C9H7Cl2N3/c10-7-6(8(11)14-5-13-7)9(4-12)2-1-3-9/h5H,1-3H2. The molecule has 0 radical (unpaired) electrons. The van der Waals surface area contributed by atoms with Gasteiger partial charge in [0.15, 0.2) is 0 Å². The van der Waals surface area contributed by atoms with Gasteiger partial charge >= 0.3 is 0 Å². The van der Waals surface area contributed by atoms with Crippen molar-refractivity contribution < 1.29 is 0 Å². The van der Waals surface area contributed by atoms with Gasteiger partial charge in [-0.1, -0.05) is 23.2 Å². The van der Waals surface area contributed by atoms with Crippen LogP contribution < -0.4 is 0 Å². The average Bonchev–Trinajstić information content (AvgIpc) is 2.08. The summed E-state index contributed by atoms with van der Waals surface area (Å²) in [6, 6.07) is 2.26. The minimum Gasteiger partial charge on any atom is -0.224 e. The maximum absolute atomic E-state index is 9.12. The van der Waals surface area contributed by atoms with E-state index in [2.05, 4.69) is 16.0 Å². The third-order valence-electron chi connectivity index (χ3n) is 2.65. The zero-order valence-corrected chi connectivity index (χ0v) is 8.81. The Bertz CT molecular complexity index is 387. The number of halogens is 2. The first kappa shape index (κ1) is 9.70. The Hall–Kier alpha value is -0.850. The Labute approximate surface area is 91.7 Å². The summed E-state index contributed by atoms with van der Waals surface area (Å²) < 4.78 is 0. The van der Waals surface area contributed by atoms with Gasteiger partial charge in [0.1, 0.15) is 16.6 Å². The number of nitrogens with zero attached hydrogens (tertiary/aromatic N) is 3. The highest BCUT2D eigenvalue weighted by atomic mass is 35.5. The van der Waals surface area contributed by atoms with E-state index in [-0.39, 0.29) is 0 Å². The van der Waals surface area contributed by atoms with Crippen molar-refractivity contribution in [3.8, 4) is 6.07 Å². The lowest BCUT2D eigenvalue weighted by molar-refractivity contribution is 0.322. The largest absolute Gasteiger partial charge is 0.224 e. The summed E-state index contributed by atoms with van der Waals surface area (Å²) in [5.41, 5.74) is 0.0483. The van der Waals surface area contributed by atoms with Crippen LogP contribution in [0.4, 0.5) is 0 Å². The second-order valence-corrected chi connectivity index (χ2v) is 4.09. The quantitative estimate of drug-likeness (QED) is 0.694. The summed E-state index contributed by atoms with van der Waals surface area (Å²) in [4.78, 5) is 7.71. The summed E-state index contributed by atoms with van der Waals surface area (Å²) in [6.45, 7) is 0. The highest BCUT2D eigenvalue weighted by Gasteiger charge is 2.43. The third kappa shape index (κ3) is 1.26. The number of hydrogen-bond acceptors (Lipinski definition) is 3. The van der Waals surface area contributed by atoms with Gasteiger partial charge in [0.05, 0.1) is 11.5 Å². The SMILES string of the molecule is N#CC1(c2c(Cl)ncnc2Cl)CCC1. The Morgan fingerprint density at radius 2 is 1.86 bits per heavy atom. The van der Waals surface area contributed by atoms with Crippen LogP contribution in [0.5, 0.6) is 0 Å². The summed E-state index contributed by atoms with van der Waals surface area (Å²) in [7, 11) is 0. The lowest BCUT2D eigenvalue weighted by atomic mass is 9.66. The van der Waals surface area contributed by atoms with Gasteiger partial charge in [-0.05, 0) is 19.3 Å². The molecule has 1 aliphatic carbocycles. The predicted molar refractivity (Wildman–Crippen MR) is 53.2 cm³/mol. The first-order valence-corrected chi connectivity index (χ1v) is 5.03. The zero-order valence-electron chi connectivity index (χ0n) is 7.30. The van der Waals surface area contributed by atoms with Crippen LogP contribution in [0.25, 0.3) is 0 Å². The van der Waals surface area contributed by atoms with Crippen molar-refractivity contribution in [1.29, 1.82) is 5.26 Å². The van der Waals surface area contributed by atoms with Gasteiger partial charge in [-0.3, -0.25) is 0 Å². The predicted octanol–water partition coefficient (Wildman–Crippen LogP) is 2.73. The van der Waals surface area contributed by atoms with Crippen molar-refractivity contribution in [3.63, 3.8) is 0 Å². The number of rotatable bonds is 1. The molecule has 72 valence electrons. The molecule has 1 heterocycles. The molecule has 0 aliphatic heterocycles. The van der Waals surface area contributed by atoms with Gasteiger partial charge in [-0.15, -0.1) is 0 Å². The van der Waals surface area contributed by atoms with Crippen LogP contribution in [0.2, 0.25) is 10.3 Å². The number of aromatic nitrogens is 2. The molecule has 1 fully saturated rings. The molecule has 0 spiro atoms. The van der Waals surface area contributed by atoms with Crippen molar-refractivity contribution in [1.82, 2.24) is 9.97 Å². The van der Waals surface area contributed by atoms with Gasteiger partial charge in [-0.25, -0.2) is 9.97 Å². The van der Waals surface area contributed by atoms with E-state index >= 15 is 0 Å². The Kier molecular flexibility index (Phi) is 2.34. The van der Waals surface area contributed by atoms with Crippen LogP contribution in [-0.2, 0) is 5.41 Å². The highest BCUT2D eigenvalue weighted by molar-refractivity contribution is 6.34. The molecule has 14 heavy (non-hydrogen) atoms. The molecule has 0 N–H and O–H groups in total. The van der Waals surface area contributed by atoms with E-state index in [9.17, 15) is 0 Å². The van der Waals surface area contributed by atoms with Crippen LogP contribution in [-0.4, -0.2) is 9.97 Å². The van der Waals surface area contributed by atoms with Gasteiger partial charge in [-0.2, -0.15) is 5.26 Å². The summed E-state index contributed by atoms with van der Waals surface area (Å²) in [5.74, 6) is 0. The summed E-state index contributed by atoms with van der Waals surface area (Å²) >= 11 is 11.8. The van der Waals surface area contributed by atoms with Crippen LogP contribution in [0, 0.1) is 11.3 Å². The normalized spacial score (nSPS) is 18.4. The van der Waals surface area contributed by atoms with E-state index in [0.29, 0.717) is 15.9 Å². The molecule has 0 amide bonds. The van der Waals surface area contributed by atoms with Crippen molar-refractivity contribution in [3.05, 3.63) is 22.2 Å². The van der Waals surface area contributed by atoms with E-state index in [1.165, 1.54) is 6.33 Å². The second-order valence-electron chi connectivity index (χ2n) is 3.38. The fraction of sp³-hybridized carbons (Fsp3) is 0.444. The van der Waals surface area contributed by atoms with Crippen molar-refractivity contribution >= 4 is 23.2 Å². The molecular formula is C9H7Cl2N3. The molecule has 5 heteroatoms. The van der Waals surface area contributed by atoms with E-state index in [1.54, 1.807) is 0 Å². The van der Waals surface area contributed by atoms with Gasteiger partial charge in [0.25, 0.3) is 0 Å². The molecule has 1 aromatic rings. The van der Waals surface area contributed by atoms with Gasteiger partial charge < -0.3 is 0 Å². The Morgan fingerprint density at radius 3 is 2.21 bits per heavy atom. The maximum atomic E-state index is 9.12. The van der Waals surface area contributed by atoms with E-state index in [4.69, 9.17) is 28.5 Å². The fourth-order valence-corrected chi connectivity index (χ4v) is 2.36. The van der Waals surface area contributed by atoms with Crippen LogP contribution in [0.3, 0.4) is 0 Å². The van der Waals surface area contributed by atoms with Crippen molar-refractivity contribution in [2.75, 3.05) is 0 Å². The molecule has 0 atom stereocenters. The number of hydrogen-bond donors (Lipinski definition) is 0. The van der Waals surface area contributed by atoms with Gasteiger partial charge in [0.2, 0.25) is 0 Å². The van der Waals surface area contributed by atoms with Crippen molar-refractivity contribution in [2.45, 2.75) is 24.7 Å². The van der Waals surface area contributed by atoms with Crippen LogP contribution >= 0.6 is 23.2 Å². The van der Waals surface area contributed by atoms with E-state index < -0.39 is 5.41 Å². The van der Waals surface area contributed by atoms with Crippen LogP contribution in [0.15, 0.2) is 6.33 Å². The third-order valence-corrected chi connectivity index (χ3v) is 3.23. The molecule has 3 nitrogen and oxygen atoms in total. The molecule has 0 saturated heterocycles. The molecule has 1 aliphatic rings. The molecule has 0 bridgehead atoms. The first-order chi connectivity index (χ1) is 6.69. The lowest BCUT2D eigenvalue weighted by Crippen LogP contribution is -2.33. The molecule has 0 unspecified atom stereocenters. The Balaban J connectivity index is 2.56.